The van der Waals surface area contributed by atoms with Crippen LogP contribution in [0.15, 0.2) is 23.1 Å². The van der Waals surface area contributed by atoms with E-state index in [1.54, 1.807) is 13.8 Å². The van der Waals surface area contributed by atoms with Gasteiger partial charge in [0.15, 0.2) is 0 Å². The zero-order valence-electron chi connectivity index (χ0n) is 16.4. The van der Waals surface area contributed by atoms with Crippen molar-refractivity contribution in [2.75, 3.05) is 19.6 Å². The Morgan fingerprint density at radius 2 is 1.77 bits per heavy atom. The Morgan fingerprint density at radius 3 is 2.30 bits per heavy atom. The first-order valence-corrected chi connectivity index (χ1v) is 9.80. The third-order valence-electron chi connectivity index (χ3n) is 5.41. The molecule has 0 aromatic carbocycles. The van der Waals surface area contributed by atoms with Gasteiger partial charge in [0, 0.05) is 23.1 Å². The van der Waals surface area contributed by atoms with Crippen LogP contribution in [-0.2, 0) is 5.92 Å². The molecule has 0 amide bonds. The molecule has 1 aliphatic rings. The summed E-state index contributed by atoms with van der Waals surface area (Å²) in [4.78, 5) is 20.6. The van der Waals surface area contributed by atoms with Crippen LogP contribution in [0.25, 0.3) is 11.1 Å². The molecule has 0 saturated carbocycles. The summed E-state index contributed by atoms with van der Waals surface area (Å²) in [5.74, 6) is -4.78. The normalized spacial score (nSPS) is 16.8. The molecule has 3 heterocycles. The van der Waals surface area contributed by atoms with Crippen molar-refractivity contribution in [1.82, 2.24) is 14.9 Å². The predicted molar refractivity (Wildman–Crippen MR) is 104 cm³/mol. The van der Waals surface area contributed by atoms with Crippen LogP contribution in [0.2, 0.25) is 5.02 Å². The summed E-state index contributed by atoms with van der Waals surface area (Å²) in [6, 6.07) is 2.50. The second-order valence-electron chi connectivity index (χ2n) is 7.62. The average molecular weight is 450 g/mol. The lowest BCUT2D eigenvalue weighted by molar-refractivity contribution is -0.187. The van der Waals surface area contributed by atoms with Gasteiger partial charge in [-0.25, -0.2) is 0 Å². The maximum Gasteiger partial charge on any atom is 0.391 e. The number of H-pyrrole nitrogens is 1. The minimum Gasteiger partial charge on any atom is -0.361 e. The van der Waals surface area contributed by atoms with Crippen LogP contribution in [0.3, 0.4) is 0 Å². The summed E-state index contributed by atoms with van der Waals surface area (Å²) in [5.41, 5.74) is 0.725. The van der Waals surface area contributed by atoms with E-state index in [2.05, 4.69) is 9.97 Å². The lowest BCUT2D eigenvalue weighted by atomic mass is 9.96. The highest BCUT2D eigenvalue weighted by molar-refractivity contribution is 6.31. The number of likely N-dealkylation sites (tertiary alicyclic amines) is 1. The molecule has 1 N–H and O–H groups in total. The Morgan fingerprint density at radius 1 is 1.13 bits per heavy atom. The van der Waals surface area contributed by atoms with Gasteiger partial charge < -0.3 is 4.98 Å². The Balaban J connectivity index is 1.75. The molecule has 164 valence electrons. The third kappa shape index (κ3) is 4.67. The second-order valence-corrected chi connectivity index (χ2v) is 8.00. The molecule has 3 rings (SSSR count). The van der Waals surface area contributed by atoms with Crippen molar-refractivity contribution >= 4 is 11.6 Å². The van der Waals surface area contributed by atoms with Crippen LogP contribution in [-0.4, -0.2) is 40.7 Å². The van der Waals surface area contributed by atoms with E-state index in [0.29, 0.717) is 17.0 Å². The van der Waals surface area contributed by atoms with E-state index < -0.39 is 35.7 Å². The zero-order chi connectivity index (χ0) is 22.3. The average Bonchev–Trinajstić information content (AvgIpc) is 2.66. The Bertz CT molecular complexity index is 964. The van der Waals surface area contributed by atoms with Crippen molar-refractivity contribution in [2.24, 2.45) is 5.92 Å². The molecule has 2 aromatic rings. The van der Waals surface area contributed by atoms with Crippen LogP contribution in [0.4, 0.5) is 22.0 Å². The molecular formula is C20H21ClF5N3O. The lowest BCUT2D eigenvalue weighted by Crippen LogP contribution is -2.43. The van der Waals surface area contributed by atoms with Gasteiger partial charge in [-0.05, 0) is 45.8 Å². The molecule has 1 saturated heterocycles. The van der Waals surface area contributed by atoms with E-state index in [4.69, 9.17) is 11.6 Å². The number of hydrogen-bond donors (Lipinski definition) is 1. The minimum atomic E-state index is -4.29. The quantitative estimate of drug-likeness (QED) is 0.663. The van der Waals surface area contributed by atoms with Gasteiger partial charge in [-0.3, -0.25) is 14.7 Å². The van der Waals surface area contributed by atoms with E-state index in [1.165, 1.54) is 17.2 Å². The van der Waals surface area contributed by atoms with Gasteiger partial charge >= 0.3 is 12.1 Å². The second kappa shape index (κ2) is 8.26. The summed E-state index contributed by atoms with van der Waals surface area (Å²) in [6.07, 6.45) is -3.49. The van der Waals surface area contributed by atoms with Gasteiger partial charge in [0.25, 0.3) is 0 Å². The number of halogens is 6. The zero-order valence-corrected chi connectivity index (χ0v) is 17.2. The van der Waals surface area contributed by atoms with Crippen molar-refractivity contribution in [3.05, 3.63) is 50.7 Å². The molecule has 0 atom stereocenters. The molecule has 0 radical (unpaired) electrons. The summed E-state index contributed by atoms with van der Waals surface area (Å²) in [6.45, 7) is 2.52. The van der Waals surface area contributed by atoms with Gasteiger partial charge in [-0.2, -0.15) is 22.0 Å². The van der Waals surface area contributed by atoms with E-state index >= 15 is 0 Å². The molecule has 30 heavy (non-hydrogen) atoms. The fourth-order valence-electron chi connectivity index (χ4n) is 3.73. The van der Waals surface area contributed by atoms with E-state index in [9.17, 15) is 26.7 Å². The van der Waals surface area contributed by atoms with Crippen molar-refractivity contribution < 1.29 is 22.0 Å². The largest absolute Gasteiger partial charge is 0.391 e. The molecule has 0 bridgehead atoms. The third-order valence-corrected chi connectivity index (χ3v) is 5.86. The van der Waals surface area contributed by atoms with Gasteiger partial charge in [-0.1, -0.05) is 17.7 Å². The number of hydrogen-bond acceptors (Lipinski definition) is 3. The maximum absolute atomic E-state index is 14.7. The SMILES string of the molecule is Cc1[nH]c(C)c(-c2ccc(C(F)(F)CN3CCC(C(F)(F)F)CC3)nc2)c(=O)c1Cl. The van der Waals surface area contributed by atoms with Crippen molar-refractivity contribution in [1.29, 1.82) is 0 Å². The summed E-state index contributed by atoms with van der Waals surface area (Å²) < 4.78 is 67.6. The van der Waals surface area contributed by atoms with E-state index in [-0.39, 0.29) is 36.5 Å². The molecule has 10 heteroatoms. The number of aromatic amines is 1. The van der Waals surface area contributed by atoms with Crippen molar-refractivity contribution in [3.63, 3.8) is 0 Å². The van der Waals surface area contributed by atoms with E-state index in [0.717, 1.165) is 6.07 Å². The van der Waals surface area contributed by atoms with Crippen molar-refractivity contribution in [2.45, 2.75) is 38.8 Å². The van der Waals surface area contributed by atoms with Gasteiger partial charge in [-0.15, -0.1) is 0 Å². The first-order chi connectivity index (χ1) is 13.9. The highest BCUT2D eigenvalue weighted by atomic mass is 35.5. The lowest BCUT2D eigenvalue weighted by Gasteiger charge is -2.34. The van der Waals surface area contributed by atoms with Crippen LogP contribution >= 0.6 is 11.6 Å². The fraction of sp³-hybridized carbons (Fsp3) is 0.500. The van der Waals surface area contributed by atoms with Crippen LogP contribution in [0.5, 0.6) is 0 Å². The summed E-state index contributed by atoms with van der Waals surface area (Å²) >= 11 is 6.00. The number of alkyl halides is 5. The number of nitrogens with zero attached hydrogens (tertiary/aromatic N) is 2. The number of aryl methyl sites for hydroxylation is 2. The Hall–Kier alpha value is -2.00. The standard InChI is InChI=1S/C20H21ClF5N3O/c1-11-16(18(30)17(21)12(2)28-11)13-3-4-15(27-9-13)19(22,23)10-29-7-5-14(6-8-29)20(24,25)26/h3-4,9,14H,5-8,10H2,1-2H3,(H,28,30). The molecular weight excluding hydrogens is 429 g/mol. The predicted octanol–water partition coefficient (Wildman–Crippen LogP) is 5.07. The smallest absolute Gasteiger partial charge is 0.361 e. The van der Waals surface area contributed by atoms with Gasteiger partial charge in [0.2, 0.25) is 5.43 Å². The molecule has 4 nitrogen and oxygen atoms in total. The highest BCUT2D eigenvalue weighted by Crippen LogP contribution is 2.36. The highest BCUT2D eigenvalue weighted by Gasteiger charge is 2.43. The van der Waals surface area contributed by atoms with Crippen molar-refractivity contribution in [3.8, 4) is 11.1 Å². The van der Waals surface area contributed by atoms with Gasteiger partial charge in [0.05, 0.1) is 18.0 Å². The van der Waals surface area contributed by atoms with Crippen LogP contribution < -0.4 is 5.43 Å². The molecule has 2 aromatic heterocycles. The Labute approximate surface area is 175 Å². The molecule has 1 fully saturated rings. The van der Waals surface area contributed by atoms with Crippen LogP contribution in [0.1, 0.15) is 29.9 Å². The van der Waals surface area contributed by atoms with E-state index in [1.807, 2.05) is 0 Å². The molecule has 0 unspecified atom stereocenters. The molecule has 0 aliphatic carbocycles. The molecule has 1 aliphatic heterocycles. The summed E-state index contributed by atoms with van der Waals surface area (Å²) in [7, 11) is 0. The number of nitrogens with one attached hydrogen (secondary N) is 1. The minimum absolute atomic E-state index is 0.0206. The topological polar surface area (TPSA) is 49.0 Å². The number of aromatic nitrogens is 2. The monoisotopic (exact) mass is 449 g/mol. The van der Waals surface area contributed by atoms with Gasteiger partial charge in [0.1, 0.15) is 10.7 Å². The molecule has 0 spiro atoms. The number of pyridine rings is 2. The van der Waals surface area contributed by atoms with Crippen LogP contribution in [0, 0.1) is 19.8 Å². The Kier molecular flexibility index (Phi) is 6.25. The first kappa shape index (κ1) is 22.7. The fourth-order valence-corrected chi connectivity index (χ4v) is 3.88. The first-order valence-electron chi connectivity index (χ1n) is 9.43. The maximum atomic E-state index is 14.7. The number of piperidine rings is 1. The summed E-state index contributed by atoms with van der Waals surface area (Å²) in [5, 5.41) is 0.0206. The number of rotatable bonds is 4.